The Kier molecular flexibility index (Phi) is 30.4. The lowest BCUT2D eigenvalue weighted by atomic mass is 10.0. The third kappa shape index (κ3) is 34.7. The van der Waals surface area contributed by atoms with Gasteiger partial charge in [-0.3, -0.25) is 18.6 Å². The number of nitrogens with zero attached hydrogens (tertiary/aromatic N) is 1. The number of unbranched alkanes of at least 4 members (excludes halogenated alkanes) is 21. The summed E-state index contributed by atoms with van der Waals surface area (Å²) in [7, 11) is 1.49. The van der Waals surface area contributed by atoms with Gasteiger partial charge >= 0.3 is 19.8 Å². The Hall–Kier alpha value is -0.990. The van der Waals surface area contributed by atoms with E-state index in [0.717, 1.165) is 38.5 Å². The van der Waals surface area contributed by atoms with E-state index in [1.165, 1.54) is 109 Å². The fourth-order valence-corrected chi connectivity index (χ4v) is 6.05. The number of hydrogen-bond acceptors (Lipinski definition) is 7. The van der Waals surface area contributed by atoms with Crippen LogP contribution in [0.2, 0.25) is 0 Å². The summed E-state index contributed by atoms with van der Waals surface area (Å²) in [4.78, 5) is 35.1. The van der Waals surface area contributed by atoms with Gasteiger partial charge in [0, 0.05) is 12.8 Å². The van der Waals surface area contributed by atoms with E-state index in [9.17, 15) is 19.0 Å². The van der Waals surface area contributed by atoms with Crippen LogP contribution in [-0.2, 0) is 32.7 Å². The number of phosphoric ester groups is 1. The molecule has 0 aliphatic carbocycles. The van der Waals surface area contributed by atoms with Gasteiger partial charge in [-0.1, -0.05) is 149 Å². The maximum absolute atomic E-state index is 12.6. The highest BCUT2D eigenvalue weighted by Crippen LogP contribution is 2.43. The molecule has 1 N–H and O–H groups in total. The van der Waals surface area contributed by atoms with E-state index in [4.69, 9.17) is 18.5 Å². The number of rotatable bonds is 35. The van der Waals surface area contributed by atoms with Gasteiger partial charge in [-0.15, -0.1) is 0 Å². The Labute approximate surface area is 289 Å². The lowest BCUT2D eigenvalue weighted by molar-refractivity contribution is -0.870. The summed E-state index contributed by atoms with van der Waals surface area (Å²) in [5, 5.41) is 0. The summed E-state index contributed by atoms with van der Waals surface area (Å²) < 4.78 is 34.1. The van der Waals surface area contributed by atoms with Crippen LogP contribution >= 0.6 is 7.82 Å². The number of quaternary nitrogens is 1. The molecule has 0 bridgehead atoms. The Balaban J connectivity index is 4.39. The maximum Gasteiger partial charge on any atom is 0.472 e. The number of likely N-dealkylation sites (N-methyl/N-ethyl adjacent to an activating group) is 1. The highest BCUT2D eigenvalue weighted by molar-refractivity contribution is 7.47. The molecule has 0 spiro atoms. The van der Waals surface area contributed by atoms with E-state index in [-0.39, 0.29) is 25.6 Å². The zero-order valence-corrected chi connectivity index (χ0v) is 32.2. The van der Waals surface area contributed by atoms with Crippen LogP contribution in [0.4, 0.5) is 0 Å². The molecule has 0 aliphatic heterocycles. The quantitative estimate of drug-likeness (QED) is 0.0303. The minimum absolute atomic E-state index is 0.0363. The third-order valence-electron chi connectivity index (χ3n) is 8.39. The Morgan fingerprint density at radius 1 is 0.574 bits per heavy atom. The van der Waals surface area contributed by atoms with Crippen molar-refractivity contribution in [1.82, 2.24) is 0 Å². The average molecular weight is 693 g/mol. The maximum atomic E-state index is 12.6. The molecule has 0 aromatic heterocycles. The molecular weight excluding hydrogens is 617 g/mol. The predicted octanol–water partition coefficient (Wildman–Crippen LogP) is 10.1. The largest absolute Gasteiger partial charge is 0.472 e. The second-order valence-electron chi connectivity index (χ2n) is 14.3. The van der Waals surface area contributed by atoms with Crippen molar-refractivity contribution in [1.29, 1.82) is 0 Å². The van der Waals surface area contributed by atoms with Gasteiger partial charge in [0.1, 0.15) is 19.8 Å². The molecule has 0 rings (SSSR count). The molecule has 0 aromatic rings. The summed E-state index contributed by atoms with van der Waals surface area (Å²) in [6.07, 6.45) is 27.2. The van der Waals surface area contributed by atoms with Crippen molar-refractivity contribution in [3.05, 3.63) is 0 Å². The van der Waals surface area contributed by atoms with Crippen molar-refractivity contribution in [2.45, 2.75) is 180 Å². The number of esters is 2. The van der Waals surface area contributed by atoms with Crippen LogP contribution in [0.5, 0.6) is 0 Å². The summed E-state index contributed by atoms with van der Waals surface area (Å²) >= 11 is 0. The molecule has 2 unspecified atom stereocenters. The molecule has 10 heteroatoms. The number of ether oxygens (including phenoxy) is 2. The van der Waals surface area contributed by atoms with Crippen LogP contribution in [0.3, 0.4) is 0 Å². The highest BCUT2D eigenvalue weighted by atomic mass is 31.2. The van der Waals surface area contributed by atoms with E-state index in [1.807, 2.05) is 21.1 Å². The van der Waals surface area contributed by atoms with Crippen LogP contribution in [-0.4, -0.2) is 74.9 Å². The van der Waals surface area contributed by atoms with Gasteiger partial charge in [-0.2, -0.15) is 0 Å². The number of carbonyl (C=O) groups is 2. The SMILES string of the molecule is CCCCCCCCCCCCCCCCC(=O)OC(COC(=O)CCCCCCCCCCC)COP(=O)(O)OCC[N+](C)(C)C. The fourth-order valence-electron chi connectivity index (χ4n) is 5.31. The standard InChI is InChI=1S/C37H74NO8P/c1-6-8-10-12-14-16-17-18-19-20-22-24-26-28-30-37(40)46-35(34-45-47(41,42)44-32-31-38(3,4)5)33-43-36(39)29-27-25-23-21-15-13-11-9-7-2/h35H,6-34H2,1-5H3/p+1. The first-order valence-electron chi connectivity index (χ1n) is 19.3. The van der Waals surface area contributed by atoms with Crippen molar-refractivity contribution in [3.63, 3.8) is 0 Å². The molecule has 0 saturated heterocycles. The summed E-state index contributed by atoms with van der Waals surface area (Å²) in [5.74, 6) is -0.793. The van der Waals surface area contributed by atoms with Crippen LogP contribution in [0.15, 0.2) is 0 Å². The lowest BCUT2D eigenvalue weighted by Gasteiger charge is -2.24. The van der Waals surface area contributed by atoms with Gasteiger partial charge in [-0.25, -0.2) is 4.57 Å². The third-order valence-corrected chi connectivity index (χ3v) is 9.37. The van der Waals surface area contributed by atoms with Gasteiger partial charge in [0.05, 0.1) is 27.7 Å². The molecule has 0 saturated carbocycles. The van der Waals surface area contributed by atoms with E-state index in [1.54, 1.807) is 0 Å². The van der Waals surface area contributed by atoms with E-state index >= 15 is 0 Å². The zero-order valence-electron chi connectivity index (χ0n) is 31.3. The van der Waals surface area contributed by atoms with E-state index in [0.29, 0.717) is 17.4 Å². The Bertz CT molecular complexity index is 789. The van der Waals surface area contributed by atoms with Crippen molar-refractivity contribution in [2.24, 2.45) is 0 Å². The lowest BCUT2D eigenvalue weighted by Crippen LogP contribution is -2.37. The minimum Gasteiger partial charge on any atom is -0.462 e. The van der Waals surface area contributed by atoms with E-state index < -0.39 is 26.5 Å². The van der Waals surface area contributed by atoms with Crippen molar-refractivity contribution >= 4 is 19.8 Å². The van der Waals surface area contributed by atoms with Crippen LogP contribution < -0.4 is 0 Å². The molecule has 0 amide bonds. The van der Waals surface area contributed by atoms with Gasteiger partial charge < -0.3 is 18.9 Å². The molecule has 0 heterocycles. The Morgan fingerprint density at radius 2 is 0.957 bits per heavy atom. The molecule has 2 atom stereocenters. The first-order valence-corrected chi connectivity index (χ1v) is 20.8. The average Bonchev–Trinajstić information content (AvgIpc) is 3.01. The molecule has 47 heavy (non-hydrogen) atoms. The highest BCUT2D eigenvalue weighted by Gasteiger charge is 2.27. The summed E-state index contributed by atoms with van der Waals surface area (Å²) in [6.45, 7) is 4.40. The Morgan fingerprint density at radius 3 is 1.36 bits per heavy atom. The molecule has 0 aromatic carbocycles. The van der Waals surface area contributed by atoms with Crippen LogP contribution in [0.25, 0.3) is 0 Å². The first kappa shape index (κ1) is 46.0. The predicted molar refractivity (Wildman–Crippen MR) is 192 cm³/mol. The fraction of sp³-hybridized carbons (Fsp3) is 0.946. The topological polar surface area (TPSA) is 108 Å². The molecule has 280 valence electrons. The second kappa shape index (κ2) is 31.0. The molecule has 9 nitrogen and oxygen atoms in total. The second-order valence-corrected chi connectivity index (χ2v) is 15.8. The smallest absolute Gasteiger partial charge is 0.462 e. The van der Waals surface area contributed by atoms with Crippen molar-refractivity contribution in [3.8, 4) is 0 Å². The van der Waals surface area contributed by atoms with Crippen molar-refractivity contribution in [2.75, 3.05) is 47.5 Å². The first-order chi connectivity index (χ1) is 22.5. The minimum atomic E-state index is -4.36. The van der Waals surface area contributed by atoms with Gasteiger partial charge in [-0.05, 0) is 12.8 Å². The van der Waals surface area contributed by atoms with Crippen LogP contribution in [0.1, 0.15) is 174 Å². The normalized spacial score (nSPS) is 13.7. The molecule has 0 aliphatic rings. The summed E-state index contributed by atoms with van der Waals surface area (Å²) in [6, 6.07) is 0. The monoisotopic (exact) mass is 693 g/mol. The van der Waals surface area contributed by atoms with Crippen LogP contribution in [0, 0.1) is 0 Å². The van der Waals surface area contributed by atoms with Gasteiger partial charge in [0.2, 0.25) is 0 Å². The number of carbonyl (C=O) groups excluding carboxylic acids is 2. The molecule has 0 radical (unpaired) electrons. The zero-order chi connectivity index (χ0) is 35.1. The van der Waals surface area contributed by atoms with Crippen molar-refractivity contribution < 1.29 is 42.1 Å². The number of hydrogen-bond donors (Lipinski definition) is 1. The van der Waals surface area contributed by atoms with Gasteiger partial charge in [0.25, 0.3) is 0 Å². The van der Waals surface area contributed by atoms with Gasteiger partial charge in [0.15, 0.2) is 6.10 Å². The number of phosphoric acid groups is 1. The summed E-state index contributed by atoms with van der Waals surface area (Å²) in [5.41, 5.74) is 0. The van der Waals surface area contributed by atoms with E-state index in [2.05, 4.69) is 13.8 Å². The molecular formula is C37H75NO8P+. The molecule has 0 fully saturated rings.